The fraction of sp³-hybridized carbons (Fsp3) is 0.438. The van der Waals surface area contributed by atoms with E-state index in [4.69, 9.17) is 5.73 Å². The van der Waals surface area contributed by atoms with Crippen molar-refractivity contribution in [3.8, 4) is 0 Å². The molecule has 1 aromatic rings. The minimum atomic E-state index is -0.586. The number of nitrogens with zero attached hydrogens (tertiary/aromatic N) is 1. The zero-order valence-electron chi connectivity index (χ0n) is 12.6. The number of rotatable bonds is 3. The molecular weight excluding hydrogens is 301 g/mol. The summed E-state index contributed by atoms with van der Waals surface area (Å²) < 4.78 is 13.9. The minimum Gasteiger partial charge on any atom is -0.369 e. The summed E-state index contributed by atoms with van der Waals surface area (Å²) in [5.74, 6) is -1.81. The van der Waals surface area contributed by atoms with E-state index in [-0.39, 0.29) is 35.7 Å². The van der Waals surface area contributed by atoms with Crippen LogP contribution in [-0.4, -0.2) is 36.9 Å². The van der Waals surface area contributed by atoms with Crippen molar-refractivity contribution in [3.63, 3.8) is 0 Å². The highest BCUT2D eigenvalue weighted by Crippen LogP contribution is 2.25. The largest absolute Gasteiger partial charge is 0.369 e. The lowest BCUT2D eigenvalue weighted by Gasteiger charge is -2.30. The predicted molar refractivity (Wildman–Crippen MR) is 79.9 cm³/mol. The lowest BCUT2D eigenvalue weighted by atomic mass is 9.95. The normalized spacial score (nSPS) is 28.2. The van der Waals surface area contributed by atoms with Crippen LogP contribution in [0.15, 0.2) is 24.3 Å². The van der Waals surface area contributed by atoms with E-state index >= 15 is 0 Å². The first-order chi connectivity index (χ1) is 11.0. The van der Waals surface area contributed by atoms with Gasteiger partial charge in [0.1, 0.15) is 5.82 Å². The molecule has 7 heteroatoms. The van der Waals surface area contributed by atoms with Gasteiger partial charge in [0.25, 0.3) is 5.91 Å². The van der Waals surface area contributed by atoms with Gasteiger partial charge in [-0.15, -0.1) is 0 Å². The van der Waals surface area contributed by atoms with Crippen molar-refractivity contribution < 1.29 is 23.7 Å². The van der Waals surface area contributed by atoms with Crippen molar-refractivity contribution in [1.82, 2.24) is 0 Å². The van der Waals surface area contributed by atoms with Gasteiger partial charge in [0.05, 0.1) is 25.2 Å². The van der Waals surface area contributed by atoms with Crippen LogP contribution in [0.2, 0.25) is 0 Å². The van der Waals surface area contributed by atoms with Gasteiger partial charge in [0, 0.05) is 18.8 Å². The molecule has 1 unspecified atom stereocenters. The Kier molecular flexibility index (Phi) is 4.12. The van der Waals surface area contributed by atoms with Crippen LogP contribution < -0.4 is 15.5 Å². The summed E-state index contributed by atoms with van der Waals surface area (Å²) in [5.41, 5.74) is 5.32. The van der Waals surface area contributed by atoms with Gasteiger partial charge in [-0.1, -0.05) is 12.1 Å². The molecule has 0 bridgehead atoms. The minimum absolute atomic E-state index is 0.0106. The van der Waals surface area contributed by atoms with Gasteiger partial charge in [0.2, 0.25) is 11.8 Å². The highest BCUT2D eigenvalue weighted by Gasteiger charge is 2.47. The number of hydrogen-bond acceptors (Lipinski definition) is 3. The molecule has 0 aliphatic carbocycles. The number of benzene rings is 1. The summed E-state index contributed by atoms with van der Waals surface area (Å²) in [7, 11) is 0. The fourth-order valence-corrected chi connectivity index (χ4v) is 3.46. The number of carbonyl (C=O) groups is 3. The third kappa shape index (κ3) is 2.84. The van der Waals surface area contributed by atoms with E-state index in [9.17, 15) is 18.8 Å². The summed E-state index contributed by atoms with van der Waals surface area (Å²) in [4.78, 5) is 38.0. The summed E-state index contributed by atoms with van der Waals surface area (Å²) in [6.45, 7) is 1.23. The Labute approximate surface area is 133 Å². The lowest BCUT2D eigenvalue weighted by molar-refractivity contribution is -0.920. The maximum atomic E-state index is 13.9. The maximum absolute atomic E-state index is 13.9. The molecule has 23 heavy (non-hydrogen) atoms. The van der Waals surface area contributed by atoms with Crippen molar-refractivity contribution in [3.05, 3.63) is 30.1 Å². The zero-order valence-corrected chi connectivity index (χ0v) is 12.6. The Morgan fingerprint density at radius 2 is 1.87 bits per heavy atom. The van der Waals surface area contributed by atoms with E-state index < -0.39 is 11.9 Å². The second-order valence-electron chi connectivity index (χ2n) is 6.11. The number of nitrogens with two attached hydrogens (primary N) is 1. The number of primary amides is 1. The summed E-state index contributed by atoms with van der Waals surface area (Å²) in [6.07, 6.45) is 1.30. The Morgan fingerprint density at radius 3 is 2.48 bits per heavy atom. The number of nitrogens with one attached hydrogen (secondary N) is 1. The topological polar surface area (TPSA) is 84.9 Å². The number of likely N-dealkylation sites (tertiary alicyclic amines) is 1. The van der Waals surface area contributed by atoms with Crippen LogP contribution in [0.3, 0.4) is 0 Å². The van der Waals surface area contributed by atoms with Crippen LogP contribution in [0.25, 0.3) is 0 Å². The van der Waals surface area contributed by atoms with E-state index in [1.165, 1.54) is 18.2 Å². The van der Waals surface area contributed by atoms with Gasteiger partial charge >= 0.3 is 0 Å². The molecule has 3 amide bonds. The smallest absolute Gasteiger partial charge is 0.292 e. The van der Waals surface area contributed by atoms with Crippen LogP contribution in [0, 0.1) is 11.7 Å². The summed E-state index contributed by atoms with van der Waals surface area (Å²) in [5, 5.41) is 0. The number of carbonyl (C=O) groups excluding carboxylic acids is 3. The highest BCUT2D eigenvalue weighted by atomic mass is 19.1. The molecule has 1 atom stereocenters. The average molecular weight is 320 g/mol. The van der Waals surface area contributed by atoms with Gasteiger partial charge < -0.3 is 10.6 Å². The molecule has 2 aliphatic heterocycles. The molecule has 2 aliphatic rings. The molecular formula is C16H19FN3O3+. The van der Waals surface area contributed by atoms with Crippen molar-refractivity contribution in [2.45, 2.75) is 25.3 Å². The number of halogens is 1. The van der Waals surface area contributed by atoms with Gasteiger partial charge in [-0.25, -0.2) is 9.29 Å². The predicted octanol–water partition coefficient (Wildman–Crippen LogP) is -0.762. The van der Waals surface area contributed by atoms with Crippen LogP contribution in [0.5, 0.6) is 0 Å². The molecule has 2 heterocycles. The molecule has 6 nitrogen and oxygen atoms in total. The number of anilines is 1. The fourth-order valence-electron chi connectivity index (χ4n) is 3.46. The molecule has 3 rings (SSSR count). The van der Waals surface area contributed by atoms with Crippen molar-refractivity contribution in [2.24, 2.45) is 11.7 Å². The van der Waals surface area contributed by atoms with E-state index in [1.54, 1.807) is 6.07 Å². The monoisotopic (exact) mass is 320 g/mol. The van der Waals surface area contributed by atoms with Crippen LogP contribution in [0.1, 0.15) is 19.3 Å². The van der Waals surface area contributed by atoms with Gasteiger partial charge in [-0.05, 0) is 12.1 Å². The summed E-state index contributed by atoms with van der Waals surface area (Å²) >= 11 is 0. The molecule has 2 fully saturated rings. The Hall–Kier alpha value is -2.28. The zero-order chi connectivity index (χ0) is 16.6. The molecule has 122 valence electrons. The first kappa shape index (κ1) is 15.6. The third-order valence-electron chi connectivity index (χ3n) is 4.76. The van der Waals surface area contributed by atoms with Crippen molar-refractivity contribution in [2.75, 3.05) is 18.0 Å². The molecule has 0 radical (unpaired) electrons. The molecule has 0 aromatic heterocycles. The summed E-state index contributed by atoms with van der Waals surface area (Å²) in [6, 6.07) is 5.27. The van der Waals surface area contributed by atoms with E-state index in [1.807, 2.05) is 0 Å². The van der Waals surface area contributed by atoms with E-state index in [0.717, 1.165) is 9.80 Å². The van der Waals surface area contributed by atoms with Gasteiger partial charge in [0.15, 0.2) is 6.04 Å². The van der Waals surface area contributed by atoms with Crippen LogP contribution in [0.4, 0.5) is 10.1 Å². The third-order valence-corrected chi connectivity index (χ3v) is 4.76. The van der Waals surface area contributed by atoms with Crippen molar-refractivity contribution in [1.29, 1.82) is 0 Å². The first-order valence-corrected chi connectivity index (χ1v) is 7.74. The van der Waals surface area contributed by atoms with E-state index in [0.29, 0.717) is 25.9 Å². The molecule has 1 aromatic carbocycles. The van der Waals surface area contributed by atoms with Crippen LogP contribution in [-0.2, 0) is 14.4 Å². The highest BCUT2D eigenvalue weighted by molar-refractivity contribution is 6.21. The quantitative estimate of drug-likeness (QED) is 0.718. The van der Waals surface area contributed by atoms with Gasteiger partial charge in [-0.2, -0.15) is 0 Å². The Balaban J connectivity index is 1.75. The lowest BCUT2D eigenvalue weighted by Crippen LogP contribution is -3.17. The SMILES string of the molecule is NC(=O)C1CC[NH+](C2CC(=O)N(c3ccccc3F)C2=O)CC1. The molecule has 0 spiro atoms. The molecule has 2 saturated heterocycles. The number of para-hydroxylation sites is 1. The maximum Gasteiger partial charge on any atom is 0.292 e. The number of amides is 3. The second kappa shape index (κ2) is 6.08. The molecule has 3 N–H and O–H groups in total. The number of quaternary nitrogens is 1. The average Bonchev–Trinajstić information content (AvgIpc) is 2.83. The van der Waals surface area contributed by atoms with E-state index in [2.05, 4.69) is 0 Å². The van der Waals surface area contributed by atoms with Crippen LogP contribution >= 0.6 is 0 Å². The standard InChI is InChI=1S/C16H18FN3O3/c17-11-3-1-2-4-12(11)20-14(21)9-13(16(20)23)19-7-5-10(6-8-19)15(18)22/h1-4,10,13H,5-9H2,(H2,18,22)/p+1. The first-order valence-electron chi connectivity index (χ1n) is 7.74. The number of hydrogen-bond donors (Lipinski definition) is 2. The van der Waals surface area contributed by atoms with Gasteiger partial charge in [-0.3, -0.25) is 14.4 Å². The number of imide groups is 1. The molecule has 0 saturated carbocycles. The number of piperidine rings is 1. The Morgan fingerprint density at radius 1 is 1.22 bits per heavy atom. The van der Waals surface area contributed by atoms with Crippen molar-refractivity contribution >= 4 is 23.4 Å². The second-order valence-corrected chi connectivity index (χ2v) is 6.11. The Bertz CT molecular complexity index is 656.